The van der Waals surface area contributed by atoms with Crippen LogP contribution < -0.4 is 0 Å². The first kappa shape index (κ1) is 18.4. The molecule has 0 aliphatic heterocycles. The van der Waals surface area contributed by atoms with Crippen LogP contribution in [0.15, 0.2) is 23.8 Å². The van der Waals surface area contributed by atoms with E-state index in [1.165, 1.54) is 0 Å². The van der Waals surface area contributed by atoms with Gasteiger partial charge in [0.25, 0.3) is 0 Å². The highest BCUT2D eigenvalue weighted by Gasteiger charge is 2.67. The van der Waals surface area contributed by atoms with Gasteiger partial charge in [-0.3, -0.25) is 4.79 Å². The molecule has 0 radical (unpaired) electrons. The van der Waals surface area contributed by atoms with E-state index in [2.05, 4.69) is 6.92 Å². The highest BCUT2D eigenvalue weighted by molar-refractivity contribution is 6.01. The number of hydrogen-bond acceptors (Lipinski definition) is 5. The van der Waals surface area contributed by atoms with Gasteiger partial charge in [0, 0.05) is 16.7 Å². The van der Waals surface area contributed by atoms with Gasteiger partial charge in [-0.1, -0.05) is 25.5 Å². The molecule has 5 unspecified atom stereocenters. The van der Waals surface area contributed by atoms with Crippen LogP contribution in [0.3, 0.4) is 0 Å². The fourth-order valence-corrected chi connectivity index (χ4v) is 7.06. The Kier molecular flexibility index (Phi) is 4.05. The Morgan fingerprint density at radius 2 is 2.04 bits per heavy atom. The second-order valence-electron chi connectivity index (χ2n) is 9.37. The number of aliphatic hydroxyl groups excluding tert-OH is 3. The minimum Gasteiger partial charge on any atom is -0.394 e. The number of rotatable bonds is 2. The average molecular weight is 362 g/mol. The van der Waals surface area contributed by atoms with E-state index in [4.69, 9.17) is 0 Å². The molecule has 0 aromatic rings. The quantitative estimate of drug-likeness (QED) is 0.594. The molecule has 3 saturated carbocycles. The monoisotopic (exact) mass is 362 g/mol. The zero-order chi connectivity index (χ0) is 18.9. The number of carbonyl (C=O) groups excluding carboxylic acids is 1. The van der Waals surface area contributed by atoms with Crippen molar-refractivity contribution in [3.05, 3.63) is 23.8 Å². The Labute approximate surface area is 154 Å². The molecule has 0 heterocycles. The molecule has 144 valence electrons. The van der Waals surface area contributed by atoms with Crippen LogP contribution in [0.1, 0.15) is 46.0 Å². The summed E-state index contributed by atoms with van der Waals surface area (Å²) in [4.78, 5) is 11.8. The molecule has 0 spiro atoms. The summed E-state index contributed by atoms with van der Waals surface area (Å²) in [6.07, 6.45) is 6.85. The maximum absolute atomic E-state index is 11.8. The topological polar surface area (TPSA) is 98.0 Å². The van der Waals surface area contributed by atoms with Crippen LogP contribution in [-0.2, 0) is 4.79 Å². The molecule has 4 N–H and O–H groups in total. The summed E-state index contributed by atoms with van der Waals surface area (Å²) < 4.78 is 0. The van der Waals surface area contributed by atoms with Crippen molar-refractivity contribution in [2.75, 3.05) is 6.61 Å². The molecule has 5 nitrogen and oxygen atoms in total. The van der Waals surface area contributed by atoms with E-state index in [0.717, 1.165) is 24.8 Å². The SMILES string of the molecule is C[C@]12C=CC(=O)C=C1CCC1C2C(O)C[C@@]2(C)C1CC[C@]2(O)C(O)CO. The van der Waals surface area contributed by atoms with Crippen molar-refractivity contribution in [2.24, 2.45) is 28.6 Å². The van der Waals surface area contributed by atoms with Gasteiger partial charge in [0.05, 0.1) is 18.3 Å². The Balaban J connectivity index is 1.74. The molecule has 0 amide bonds. The zero-order valence-electron chi connectivity index (χ0n) is 15.6. The summed E-state index contributed by atoms with van der Waals surface area (Å²) in [6.45, 7) is 3.61. The number of aliphatic hydroxyl groups is 4. The summed E-state index contributed by atoms with van der Waals surface area (Å²) >= 11 is 0. The van der Waals surface area contributed by atoms with Crippen LogP contribution >= 0.6 is 0 Å². The lowest BCUT2D eigenvalue weighted by atomic mass is 9.46. The first-order valence-corrected chi connectivity index (χ1v) is 9.81. The van der Waals surface area contributed by atoms with Crippen molar-refractivity contribution in [1.82, 2.24) is 0 Å². The van der Waals surface area contributed by atoms with Crippen LogP contribution in [0.4, 0.5) is 0 Å². The molecule has 3 fully saturated rings. The third-order valence-electron chi connectivity index (χ3n) is 8.44. The van der Waals surface area contributed by atoms with Crippen molar-refractivity contribution in [2.45, 2.75) is 63.8 Å². The van der Waals surface area contributed by atoms with Gasteiger partial charge in [-0.25, -0.2) is 0 Å². The van der Waals surface area contributed by atoms with Crippen LogP contribution in [0, 0.1) is 28.6 Å². The summed E-state index contributed by atoms with van der Waals surface area (Å²) in [7, 11) is 0. The van der Waals surface area contributed by atoms with E-state index < -0.39 is 29.8 Å². The van der Waals surface area contributed by atoms with Crippen molar-refractivity contribution in [1.29, 1.82) is 0 Å². The fourth-order valence-electron chi connectivity index (χ4n) is 7.06. The Hall–Kier alpha value is -1.01. The molecule has 26 heavy (non-hydrogen) atoms. The van der Waals surface area contributed by atoms with Gasteiger partial charge in [0.1, 0.15) is 6.10 Å². The summed E-state index contributed by atoms with van der Waals surface area (Å²) in [5.74, 6) is 0.445. The highest BCUT2D eigenvalue weighted by atomic mass is 16.4. The molecule has 0 bridgehead atoms. The van der Waals surface area contributed by atoms with Crippen molar-refractivity contribution in [3.63, 3.8) is 0 Å². The van der Waals surface area contributed by atoms with E-state index in [1.807, 2.05) is 13.0 Å². The molecular weight excluding hydrogens is 332 g/mol. The molecule has 0 aromatic heterocycles. The molecule has 5 heteroatoms. The minimum atomic E-state index is -1.37. The van der Waals surface area contributed by atoms with E-state index >= 15 is 0 Å². The third kappa shape index (κ3) is 2.15. The average Bonchev–Trinajstić information content (AvgIpc) is 2.86. The van der Waals surface area contributed by atoms with Crippen molar-refractivity contribution in [3.8, 4) is 0 Å². The van der Waals surface area contributed by atoms with E-state index in [0.29, 0.717) is 12.8 Å². The van der Waals surface area contributed by atoms with Gasteiger partial charge < -0.3 is 20.4 Å². The Morgan fingerprint density at radius 1 is 1.31 bits per heavy atom. The Bertz CT molecular complexity index is 684. The standard InChI is InChI=1S/C21H30O5/c1-19-7-5-13(23)9-12(19)3-4-14-15-6-8-21(26,17(25)11-22)20(15,2)10-16(24)18(14)19/h5,7,9,14-18,22,24-26H,3-4,6,8,10-11H2,1-2H3/t14?,15?,16?,17?,18?,19-,20-,21-/m0/s1. The third-order valence-corrected chi connectivity index (χ3v) is 8.44. The van der Waals surface area contributed by atoms with Gasteiger partial charge in [0.15, 0.2) is 5.78 Å². The fraction of sp³-hybridized carbons (Fsp3) is 0.762. The highest BCUT2D eigenvalue weighted by Crippen LogP contribution is 2.67. The van der Waals surface area contributed by atoms with Gasteiger partial charge in [-0.05, 0) is 56.1 Å². The van der Waals surface area contributed by atoms with Gasteiger partial charge in [-0.15, -0.1) is 0 Å². The number of hydrogen-bond donors (Lipinski definition) is 4. The van der Waals surface area contributed by atoms with Crippen molar-refractivity contribution >= 4 is 5.78 Å². The van der Waals surface area contributed by atoms with Crippen LogP contribution in [-0.4, -0.2) is 50.6 Å². The number of carbonyl (C=O) groups is 1. The molecule has 4 aliphatic rings. The second-order valence-corrected chi connectivity index (χ2v) is 9.37. The van der Waals surface area contributed by atoms with Gasteiger partial charge >= 0.3 is 0 Å². The first-order chi connectivity index (χ1) is 12.2. The second kappa shape index (κ2) is 5.74. The summed E-state index contributed by atoms with van der Waals surface area (Å²) in [6, 6.07) is 0. The molecule has 8 atom stereocenters. The van der Waals surface area contributed by atoms with Crippen LogP contribution in [0.5, 0.6) is 0 Å². The summed E-state index contributed by atoms with van der Waals surface area (Å²) in [5, 5.41) is 42.2. The van der Waals surface area contributed by atoms with Crippen molar-refractivity contribution < 1.29 is 25.2 Å². The molecule has 0 saturated heterocycles. The predicted octanol–water partition coefficient (Wildman–Crippen LogP) is 1.35. The maximum atomic E-state index is 11.8. The van der Waals surface area contributed by atoms with Crippen LogP contribution in [0.25, 0.3) is 0 Å². The smallest absolute Gasteiger partial charge is 0.178 e. The van der Waals surface area contributed by atoms with Crippen LogP contribution in [0.2, 0.25) is 0 Å². The first-order valence-electron chi connectivity index (χ1n) is 9.81. The maximum Gasteiger partial charge on any atom is 0.178 e. The van der Waals surface area contributed by atoms with E-state index in [-0.39, 0.29) is 29.0 Å². The van der Waals surface area contributed by atoms with E-state index in [9.17, 15) is 25.2 Å². The number of fused-ring (bicyclic) bond motifs is 5. The van der Waals surface area contributed by atoms with Gasteiger partial charge in [0.2, 0.25) is 0 Å². The molecular formula is C21H30O5. The Morgan fingerprint density at radius 3 is 2.73 bits per heavy atom. The molecule has 4 rings (SSSR count). The molecule has 4 aliphatic carbocycles. The zero-order valence-corrected chi connectivity index (χ0v) is 15.6. The summed E-state index contributed by atoms with van der Waals surface area (Å²) in [5.41, 5.74) is -1.21. The normalized spacial score (nSPS) is 51.3. The largest absolute Gasteiger partial charge is 0.394 e. The van der Waals surface area contributed by atoms with Gasteiger partial charge in [-0.2, -0.15) is 0 Å². The number of allylic oxidation sites excluding steroid dienone is 4. The lowest BCUT2D eigenvalue weighted by Gasteiger charge is -2.60. The lowest BCUT2D eigenvalue weighted by molar-refractivity contribution is -0.204. The number of ketones is 1. The predicted molar refractivity (Wildman–Crippen MR) is 96.0 cm³/mol. The minimum absolute atomic E-state index is 0.0125. The van der Waals surface area contributed by atoms with E-state index in [1.54, 1.807) is 12.2 Å². The lowest BCUT2D eigenvalue weighted by Crippen LogP contribution is -2.62. The molecule has 0 aromatic carbocycles.